The first-order chi connectivity index (χ1) is 14.7. The Morgan fingerprint density at radius 3 is 2.23 bits per heavy atom. The average molecular weight is 409 g/mol. The van der Waals surface area contributed by atoms with Crippen molar-refractivity contribution in [3.8, 4) is 22.9 Å². The third kappa shape index (κ3) is 5.02. The first-order valence-corrected chi connectivity index (χ1v) is 9.51. The largest absolute Gasteiger partial charge is 0.496 e. The first kappa shape index (κ1) is 21.0. The van der Waals surface area contributed by atoms with Crippen molar-refractivity contribution in [3.63, 3.8) is 0 Å². The van der Waals surface area contributed by atoms with Gasteiger partial charge < -0.3 is 24.8 Å². The highest BCUT2D eigenvalue weighted by Crippen LogP contribution is 2.34. The van der Waals surface area contributed by atoms with Gasteiger partial charge in [0.1, 0.15) is 5.75 Å². The Kier molecular flexibility index (Phi) is 7.15. The quantitative estimate of drug-likeness (QED) is 0.440. The molecule has 8 nitrogen and oxygen atoms in total. The number of nitrogens with zero attached hydrogens (tertiary/aromatic N) is 3. The van der Waals surface area contributed by atoms with Crippen LogP contribution in [0, 0.1) is 0 Å². The third-order valence-electron chi connectivity index (χ3n) is 4.56. The lowest BCUT2D eigenvalue weighted by atomic mass is 10.1. The van der Waals surface area contributed by atoms with Crippen molar-refractivity contribution in [3.05, 3.63) is 66.0 Å². The molecule has 0 aliphatic carbocycles. The van der Waals surface area contributed by atoms with Gasteiger partial charge in [0.25, 0.3) is 0 Å². The lowest BCUT2D eigenvalue weighted by molar-refractivity contribution is 0.347. The molecule has 0 fully saturated rings. The summed E-state index contributed by atoms with van der Waals surface area (Å²) in [5.41, 5.74) is 2.85. The van der Waals surface area contributed by atoms with E-state index in [2.05, 4.69) is 20.7 Å². The van der Waals surface area contributed by atoms with Gasteiger partial charge >= 0.3 is 0 Å². The predicted octanol–water partition coefficient (Wildman–Crippen LogP) is 2.76. The molecule has 0 aliphatic rings. The molecule has 2 N–H and O–H groups in total. The van der Waals surface area contributed by atoms with E-state index in [4.69, 9.17) is 14.2 Å². The Balaban J connectivity index is 1.61. The van der Waals surface area contributed by atoms with E-state index in [0.717, 1.165) is 16.9 Å². The maximum Gasteiger partial charge on any atom is 0.191 e. The topological polar surface area (TPSA) is 81.9 Å². The molecule has 8 heteroatoms. The van der Waals surface area contributed by atoms with E-state index >= 15 is 0 Å². The van der Waals surface area contributed by atoms with Crippen LogP contribution in [0.5, 0.6) is 17.2 Å². The van der Waals surface area contributed by atoms with Crippen LogP contribution in [-0.2, 0) is 13.1 Å². The highest BCUT2D eigenvalue weighted by atomic mass is 16.5. The van der Waals surface area contributed by atoms with Crippen LogP contribution < -0.4 is 24.8 Å². The fourth-order valence-corrected chi connectivity index (χ4v) is 2.98. The van der Waals surface area contributed by atoms with Crippen molar-refractivity contribution in [1.29, 1.82) is 0 Å². The van der Waals surface area contributed by atoms with Gasteiger partial charge in [-0.05, 0) is 24.3 Å². The van der Waals surface area contributed by atoms with Gasteiger partial charge in [-0.3, -0.25) is 4.99 Å². The molecule has 0 saturated heterocycles. The minimum absolute atomic E-state index is 0.502. The molecule has 0 saturated carbocycles. The molecule has 3 rings (SSSR count). The van der Waals surface area contributed by atoms with E-state index in [1.807, 2.05) is 59.4 Å². The molecule has 0 bridgehead atoms. The Morgan fingerprint density at radius 2 is 1.57 bits per heavy atom. The zero-order valence-corrected chi connectivity index (χ0v) is 17.7. The van der Waals surface area contributed by atoms with Gasteiger partial charge in [-0.25, -0.2) is 4.68 Å². The van der Waals surface area contributed by atoms with E-state index in [1.54, 1.807) is 28.4 Å². The SMILES string of the molecule is CN=C(NCc1ccn(-c2ccccc2)n1)NCc1cc(OC)c(OC)cc1OC. The third-order valence-corrected chi connectivity index (χ3v) is 4.56. The van der Waals surface area contributed by atoms with E-state index in [-0.39, 0.29) is 0 Å². The first-order valence-electron chi connectivity index (χ1n) is 9.51. The van der Waals surface area contributed by atoms with Crippen LogP contribution in [0.2, 0.25) is 0 Å². The van der Waals surface area contributed by atoms with Crippen LogP contribution >= 0.6 is 0 Å². The van der Waals surface area contributed by atoms with E-state index < -0.39 is 0 Å². The summed E-state index contributed by atoms with van der Waals surface area (Å²) >= 11 is 0. The van der Waals surface area contributed by atoms with Gasteiger partial charge in [0.15, 0.2) is 17.5 Å². The molecule has 0 radical (unpaired) electrons. The highest BCUT2D eigenvalue weighted by molar-refractivity contribution is 5.79. The maximum atomic E-state index is 5.48. The molecule has 2 aromatic carbocycles. The summed E-state index contributed by atoms with van der Waals surface area (Å²) < 4.78 is 18.0. The molecule has 1 aromatic heterocycles. The number of benzene rings is 2. The fraction of sp³-hybridized carbons (Fsp3) is 0.273. The zero-order valence-electron chi connectivity index (χ0n) is 17.7. The number of hydrogen-bond acceptors (Lipinski definition) is 5. The lowest BCUT2D eigenvalue weighted by Gasteiger charge is -2.16. The van der Waals surface area contributed by atoms with Crippen molar-refractivity contribution in [2.45, 2.75) is 13.1 Å². The molecule has 1 heterocycles. The molecule has 0 amide bonds. The van der Waals surface area contributed by atoms with Crippen LogP contribution in [0.1, 0.15) is 11.3 Å². The molecular weight excluding hydrogens is 382 g/mol. The molecule has 0 spiro atoms. The van der Waals surface area contributed by atoms with Crippen LogP contribution in [0.25, 0.3) is 5.69 Å². The lowest BCUT2D eigenvalue weighted by Crippen LogP contribution is -2.36. The number of aromatic nitrogens is 2. The number of para-hydroxylation sites is 1. The number of rotatable bonds is 8. The second-order valence-corrected chi connectivity index (χ2v) is 6.39. The highest BCUT2D eigenvalue weighted by Gasteiger charge is 2.12. The molecule has 30 heavy (non-hydrogen) atoms. The molecular formula is C22H27N5O3. The van der Waals surface area contributed by atoms with Crippen molar-refractivity contribution < 1.29 is 14.2 Å². The van der Waals surface area contributed by atoms with Gasteiger partial charge in [0.05, 0.1) is 39.3 Å². The van der Waals surface area contributed by atoms with Gasteiger partial charge in [-0.15, -0.1) is 0 Å². The molecule has 3 aromatic rings. The summed E-state index contributed by atoms with van der Waals surface area (Å²) in [6.07, 6.45) is 1.94. The summed E-state index contributed by atoms with van der Waals surface area (Å²) in [4.78, 5) is 4.28. The van der Waals surface area contributed by atoms with E-state index in [0.29, 0.717) is 36.3 Å². The number of ether oxygens (including phenoxy) is 3. The second-order valence-electron chi connectivity index (χ2n) is 6.39. The molecule has 0 unspecified atom stereocenters. The molecule has 0 aliphatic heterocycles. The van der Waals surface area contributed by atoms with Crippen molar-refractivity contribution >= 4 is 5.96 Å². The van der Waals surface area contributed by atoms with Gasteiger partial charge in [0.2, 0.25) is 0 Å². The second kappa shape index (κ2) is 10.2. The van der Waals surface area contributed by atoms with E-state index in [1.165, 1.54) is 0 Å². The van der Waals surface area contributed by atoms with Crippen molar-refractivity contribution in [2.24, 2.45) is 4.99 Å². The van der Waals surface area contributed by atoms with Crippen molar-refractivity contribution in [2.75, 3.05) is 28.4 Å². The number of nitrogens with one attached hydrogen (secondary N) is 2. The standard InChI is InChI=1S/C22H27N5O3/c1-23-22(24-14-16-12-20(29-3)21(30-4)13-19(16)28-2)25-15-17-10-11-27(26-17)18-8-6-5-7-9-18/h5-13H,14-15H2,1-4H3,(H2,23,24,25). The van der Waals surface area contributed by atoms with Crippen molar-refractivity contribution in [1.82, 2.24) is 20.4 Å². The van der Waals surface area contributed by atoms with Crippen LogP contribution in [0.15, 0.2) is 59.7 Å². The van der Waals surface area contributed by atoms with E-state index in [9.17, 15) is 0 Å². The Labute approximate surface area is 176 Å². The van der Waals surface area contributed by atoms with Gasteiger partial charge in [0, 0.05) is 31.4 Å². The molecule has 158 valence electrons. The zero-order chi connectivity index (χ0) is 21.3. The Morgan fingerprint density at radius 1 is 0.900 bits per heavy atom. The summed E-state index contributed by atoms with van der Waals surface area (Å²) in [5, 5.41) is 11.2. The van der Waals surface area contributed by atoms with Crippen LogP contribution in [0.3, 0.4) is 0 Å². The summed E-state index contributed by atoms with van der Waals surface area (Å²) in [7, 11) is 6.56. The van der Waals surface area contributed by atoms with Gasteiger partial charge in [-0.2, -0.15) is 5.10 Å². The predicted molar refractivity (Wildman–Crippen MR) is 117 cm³/mol. The number of guanidine groups is 1. The molecule has 0 atom stereocenters. The Hall–Kier alpha value is -3.68. The summed E-state index contributed by atoms with van der Waals surface area (Å²) in [6.45, 7) is 1.05. The minimum Gasteiger partial charge on any atom is -0.496 e. The number of aliphatic imine (C=N–C) groups is 1. The number of methoxy groups -OCH3 is 3. The minimum atomic E-state index is 0.502. The normalized spacial score (nSPS) is 11.1. The maximum absolute atomic E-state index is 5.48. The van der Waals surface area contributed by atoms with Gasteiger partial charge in [-0.1, -0.05) is 18.2 Å². The van der Waals surface area contributed by atoms with Crippen LogP contribution in [0.4, 0.5) is 0 Å². The number of hydrogen-bond donors (Lipinski definition) is 2. The summed E-state index contributed by atoms with van der Waals surface area (Å²) in [6, 6.07) is 15.7. The monoisotopic (exact) mass is 409 g/mol. The smallest absolute Gasteiger partial charge is 0.191 e. The van der Waals surface area contributed by atoms with Crippen LogP contribution in [-0.4, -0.2) is 44.1 Å². The summed E-state index contributed by atoms with van der Waals surface area (Å²) in [5.74, 6) is 2.62. The average Bonchev–Trinajstić information content (AvgIpc) is 3.28. The Bertz CT molecular complexity index is 986. The fourth-order valence-electron chi connectivity index (χ4n) is 2.98.